The van der Waals surface area contributed by atoms with Gasteiger partial charge in [-0.2, -0.15) is 0 Å². The van der Waals surface area contributed by atoms with Crippen molar-refractivity contribution >= 4 is 105 Å². The number of nitrogens with one attached hydrogen (secondary N) is 6. The molecule has 5 aromatic carbocycles. The average Bonchev–Trinajstić information content (AvgIpc) is 1.63. The van der Waals surface area contributed by atoms with E-state index in [1.807, 2.05) is 150 Å². The smallest absolute Gasteiger partial charge is 0.252 e. The zero-order valence-corrected chi connectivity index (χ0v) is 80.1. The van der Waals surface area contributed by atoms with Gasteiger partial charge in [-0.3, -0.25) is 38.4 Å². The molecule has 132 heavy (non-hydrogen) atoms. The summed E-state index contributed by atoms with van der Waals surface area (Å²) in [6.07, 6.45) is -10.4. The van der Waals surface area contributed by atoms with E-state index in [2.05, 4.69) is 38.5 Å². The highest BCUT2D eigenvalue weighted by atomic mass is 32.2. The highest BCUT2D eigenvalue weighted by Gasteiger charge is 2.44. The number of para-hydroxylation sites is 4. The molecule has 0 spiro atoms. The van der Waals surface area contributed by atoms with Gasteiger partial charge in [-0.15, -0.1) is 41.9 Å². The molecular formula is C96H133FN8O24S3. The third-order valence-corrected chi connectivity index (χ3v) is 24.2. The largest absolute Gasteiger partial charge is 0.387 e. The molecule has 20 atom stereocenters. The summed E-state index contributed by atoms with van der Waals surface area (Å²) in [6, 6.07) is 30.4. The molecule has 0 radical (unpaired) electrons. The minimum Gasteiger partial charge on any atom is -0.387 e. The zero-order valence-electron chi connectivity index (χ0n) is 77.6. The van der Waals surface area contributed by atoms with Crippen LogP contribution in [-0.4, -0.2) is 283 Å². The number of halogens is 1. The Labute approximate surface area is 784 Å². The molecule has 32 nitrogen and oxygen atoms in total. The third-order valence-electron chi connectivity index (χ3n) is 20.7. The molecule has 3 unspecified atom stereocenters. The number of ether oxygens (including phenoxy) is 4. The number of rotatable bonds is 32. The van der Waals surface area contributed by atoms with E-state index in [-0.39, 0.29) is 64.0 Å². The summed E-state index contributed by atoms with van der Waals surface area (Å²) in [5.41, 5.74) is 4.05. The maximum atomic E-state index is 14.1. The Balaban J connectivity index is 0.000000272. The number of anilines is 4. The van der Waals surface area contributed by atoms with Crippen molar-refractivity contribution in [3.8, 4) is 0 Å². The van der Waals surface area contributed by atoms with Gasteiger partial charge in [0.2, 0.25) is 11.8 Å². The summed E-state index contributed by atoms with van der Waals surface area (Å²) in [6.45, 7) is 28.8. The lowest BCUT2D eigenvalue weighted by Crippen LogP contribution is -2.56. The molecule has 0 saturated heterocycles. The van der Waals surface area contributed by atoms with Crippen LogP contribution in [-0.2, 0) is 70.3 Å². The molecule has 0 aliphatic carbocycles. The van der Waals surface area contributed by atoms with Gasteiger partial charge < -0.3 is 122 Å². The first-order valence-electron chi connectivity index (χ1n) is 43.0. The lowest BCUT2D eigenvalue weighted by atomic mass is 9.94. The van der Waals surface area contributed by atoms with Gasteiger partial charge in [-0.1, -0.05) is 198 Å². The molecule has 0 saturated carbocycles. The lowest BCUT2D eigenvalue weighted by Gasteiger charge is -2.29. The SMILES string of the molecule is C=CCN1C(=O)C(NC(=O)[C@H](OC)[C@H](O)[C@@H](O)[C@H](O)/C=C/C(C)(C)C)CSc2ccccc21.CO[C@@H](C(=O)NC1CSc2ccccc2N(Cc2cc(C)cc(F)c2)C1=O)[C@H](O)[C@@H](O)[C@H](O)/C=C/C(C)(C)C.CO[C@@H](C(=O)NC1CSc2ccccc2NC1=O)[C@H](O)[C@@H](O)[C@H](O)/C=C/C(C)(C)C.CO[C@@H](C(=O)N[C@H]1CCc2ccccc2NC1=O)[C@H](O)[C@@H](O)[C@H](O)/C=C/C(C)(C)C. The van der Waals surface area contributed by atoms with Crippen molar-refractivity contribution in [3.05, 3.63) is 199 Å². The van der Waals surface area contributed by atoms with Gasteiger partial charge in [0.15, 0.2) is 24.4 Å². The van der Waals surface area contributed by atoms with Gasteiger partial charge in [-0.25, -0.2) is 4.39 Å². The number of aryl methyl sites for hydroxylation is 2. The molecule has 4 aliphatic rings. The van der Waals surface area contributed by atoms with E-state index in [0.717, 1.165) is 31.5 Å². The van der Waals surface area contributed by atoms with Crippen molar-refractivity contribution in [2.45, 2.75) is 246 Å². The highest BCUT2D eigenvalue weighted by Crippen LogP contribution is 2.38. The van der Waals surface area contributed by atoms with Crippen LogP contribution in [0, 0.1) is 34.4 Å². The van der Waals surface area contributed by atoms with Gasteiger partial charge in [0.25, 0.3) is 35.4 Å². The van der Waals surface area contributed by atoms with Crippen molar-refractivity contribution in [3.63, 3.8) is 0 Å². The average molecular weight is 1900 g/mol. The number of hydrogen-bond donors (Lipinski definition) is 18. The number of aliphatic hydroxyl groups excluding tert-OH is 12. The van der Waals surface area contributed by atoms with Crippen LogP contribution in [0.5, 0.6) is 0 Å². The third kappa shape index (κ3) is 34.1. The highest BCUT2D eigenvalue weighted by molar-refractivity contribution is 8.00. The Hall–Kier alpha value is -9.10. The number of benzene rings is 5. The molecule has 18 N–H and O–H groups in total. The number of carbonyl (C=O) groups is 8. The van der Waals surface area contributed by atoms with E-state index in [4.69, 9.17) is 18.9 Å². The van der Waals surface area contributed by atoms with Crippen LogP contribution in [0.3, 0.4) is 0 Å². The number of amides is 8. The Morgan fingerprint density at radius 3 is 1.14 bits per heavy atom. The molecule has 36 heteroatoms. The molecular weight excluding hydrogens is 1760 g/mol. The second kappa shape index (κ2) is 51.6. The molecule has 0 bridgehead atoms. The van der Waals surface area contributed by atoms with E-state index in [9.17, 15) is 104 Å². The molecule has 5 aromatic rings. The van der Waals surface area contributed by atoms with Crippen molar-refractivity contribution in [1.82, 2.24) is 21.3 Å². The molecule has 726 valence electrons. The number of thioether (sulfide) groups is 3. The van der Waals surface area contributed by atoms with Crippen LogP contribution in [0.2, 0.25) is 0 Å². The fourth-order valence-corrected chi connectivity index (χ4v) is 16.7. The first-order valence-corrected chi connectivity index (χ1v) is 45.9. The molecule has 8 amide bonds. The quantitative estimate of drug-likeness (QED) is 0.0215. The van der Waals surface area contributed by atoms with E-state index >= 15 is 0 Å². The first-order chi connectivity index (χ1) is 61.9. The van der Waals surface area contributed by atoms with Crippen LogP contribution in [0.4, 0.5) is 27.1 Å². The number of allylic oxidation sites excluding steroid dienone is 4. The second-order valence-corrected chi connectivity index (χ2v) is 39.7. The number of aliphatic hydroxyl groups is 12. The monoisotopic (exact) mass is 1900 g/mol. The Bertz CT molecular complexity index is 4640. The van der Waals surface area contributed by atoms with Gasteiger partial charge >= 0.3 is 0 Å². The summed E-state index contributed by atoms with van der Waals surface area (Å²) in [5, 5.41) is 140. The number of hydrogen-bond acceptors (Lipinski definition) is 27. The molecule has 4 aliphatic heterocycles. The fourth-order valence-electron chi connectivity index (χ4n) is 13.6. The molecule has 0 aromatic heterocycles. The summed E-state index contributed by atoms with van der Waals surface area (Å²) < 4.78 is 34.5. The lowest BCUT2D eigenvalue weighted by molar-refractivity contribution is -0.150. The topological polar surface area (TPSA) is 495 Å². The van der Waals surface area contributed by atoms with Crippen molar-refractivity contribution in [2.75, 3.05) is 72.7 Å². The van der Waals surface area contributed by atoms with E-state index in [0.29, 0.717) is 41.2 Å². The molecule has 0 fully saturated rings. The summed E-state index contributed by atoms with van der Waals surface area (Å²) in [4.78, 5) is 109. The molecule has 4 heterocycles. The van der Waals surface area contributed by atoms with Gasteiger partial charge in [0.05, 0.1) is 23.6 Å². The fraction of sp³-hybridized carbons (Fsp3) is 0.500. The standard InChI is InChI=1S/C29H37FN2O6S.C24H34N2O6S.C22H32N2O6.C21H30N2O6S/c1-17-12-18(14-19(30)13-17)15-32-21-8-6-7-9-23(21)39-16-20(28(32)37)31-27(36)26(38-5)25(35)24(34)22(33)10-11-29(2,3)4;1-6-13-26-16-9-7-8-10-18(16)33-14-15(23(26)31)25-22(30)21(32-5)20(29)19(28)17(27)11-12-24(2,3)4;1-22(2,3)12-11-16(25)17(26)18(27)19(30-4)21(29)24-15-10-9-13-7-5-6-8-14(13)23-20(15)28;1-21(2,3)10-9-14(24)16(25)17(26)18(29-4)20(28)23-13-11-30-15-8-6-5-7-12(15)22-19(13)27/h6-14,20,22,24-26,33-35H,15-16H2,1-5H3,(H,31,36);6-12,15,17,19-21,27-29H,1,13-14H2,2-5H3,(H,25,30);5-8,11-12,15-19,25-27H,9-10H2,1-4H3,(H,23,28)(H,24,29);5-10,13-14,16-18,24-26H,11H2,1-4H3,(H,22,27)(H,23,28)/b11-10+;2*12-11+;10-9+/t20?,22-,24+,25-,26-;15?,17-,19+,20-,21-;15-,16+,17-,18+,19+;13?,14-,16+,17-,18-/m1101/s1. The van der Waals surface area contributed by atoms with E-state index in [1.54, 1.807) is 78.6 Å². The maximum absolute atomic E-state index is 14.1. The van der Waals surface area contributed by atoms with Crippen molar-refractivity contribution in [2.24, 2.45) is 21.7 Å². The van der Waals surface area contributed by atoms with Gasteiger partial charge in [0.1, 0.15) is 103 Å². The van der Waals surface area contributed by atoms with Crippen molar-refractivity contribution < 1.29 is 123 Å². The Morgan fingerprint density at radius 2 is 0.758 bits per heavy atom. The van der Waals surface area contributed by atoms with Crippen LogP contribution in [0.1, 0.15) is 106 Å². The van der Waals surface area contributed by atoms with Crippen LogP contribution < -0.4 is 41.7 Å². The zero-order chi connectivity index (χ0) is 98.6. The summed E-state index contributed by atoms with van der Waals surface area (Å²) in [7, 11) is 4.81. The minimum atomic E-state index is -1.77. The summed E-state index contributed by atoms with van der Waals surface area (Å²) >= 11 is 4.22. The summed E-state index contributed by atoms with van der Waals surface area (Å²) in [5.74, 6) is -4.22. The number of nitrogens with zero attached hydrogens (tertiary/aromatic N) is 2. The van der Waals surface area contributed by atoms with Crippen LogP contribution >= 0.6 is 35.3 Å². The van der Waals surface area contributed by atoms with Crippen LogP contribution in [0.25, 0.3) is 0 Å². The van der Waals surface area contributed by atoms with Gasteiger partial charge in [0, 0.05) is 72.6 Å². The second-order valence-electron chi connectivity index (χ2n) is 36.5. The van der Waals surface area contributed by atoms with Crippen molar-refractivity contribution in [1.29, 1.82) is 0 Å². The van der Waals surface area contributed by atoms with Crippen LogP contribution in [0.15, 0.2) is 191 Å². The minimum absolute atomic E-state index is 0.0860. The molecule has 9 rings (SSSR count). The Morgan fingerprint density at radius 1 is 0.439 bits per heavy atom. The number of fused-ring (bicyclic) bond motifs is 4. The predicted molar refractivity (Wildman–Crippen MR) is 506 cm³/mol. The van der Waals surface area contributed by atoms with E-state index in [1.165, 1.54) is 105 Å². The van der Waals surface area contributed by atoms with Gasteiger partial charge in [-0.05, 0) is 113 Å². The Kier molecular flexibility index (Phi) is 43.6. The normalized spacial score (nSPS) is 20.4. The number of methoxy groups -OCH3 is 4. The van der Waals surface area contributed by atoms with E-state index < -0.39 is 157 Å². The first kappa shape index (κ1) is 112. The predicted octanol–water partition coefficient (Wildman–Crippen LogP) is 6.13. The maximum Gasteiger partial charge on any atom is 0.252 e. The number of carbonyl (C=O) groups excluding carboxylic acids is 8.